The van der Waals surface area contributed by atoms with Crippen molar-refractivity contribution >= 4 is 27.5 Å². The molecule has 0 aliphatic heterocycles. The minimum absolute atomic E-state index is 0.0883. The maximum Gasteiger partial charge on any atom is 0.240 e. The van der Waals surface area contributed by atoms with E-state index in [1.165, 1.54) is 25.3 Å². The van der Waals surface area contributed by atoms with Crippen molar-refractivity contribution in [1.29, 1.82) is 0 Å². The summed E-state index contributed by atoms with van der Waals surface area (Å²) >= 11 is 1.71. The molecule has 0 heterocycles. The van der Waals surface area contributed by atoms with Crippen LogP contribution in [-0.4, -0.2) is 33.1 Å². The van der Waals surface area contributed by atoms with Crippen molar-refractivity contribution in [3.8, 4) is 5.75 Å². The Morgan fingerprint density at radius 3 is 2.68 bits per heavy atom. The smallest absolute Gasteiger partial charge is 0.240 e. The van der Waals surface area contributed by atoms with Crippen molar-refractivity contribution in [1.82, 2.24) is 4.72 Å². The summed E-state index contributed by atoms with van der Waals surface area (Å²) in [6.45, 7) is 0.461. The van der Waals surface area contributed by atoms with Gasteiger partial charge in [0.1, 0.15) is 5.75 Å². The Morgan fingerprint density at radius 2 is 2.16 bits per heavy atom. The maximum absolute atomic E-state index is 12.2. The van der Waals surface area contributed by atoms with Crippen LogP contribution >= 0.6 is 11.8 Å². The van der Waals surface area contributed by atoms with E-state index in [9.17, 15) is 8.42 Å². The third-order valence-corrected chi connectivity index (χ3v) is 6.16. The molecular formula is C12H18N2O3S2. The fraction of sp³-hybridized carbons (Fsp3) is 0.500. The molecule has 1 aliphatic carbocycles. The quantitative estimate of drug-likeness (QED) is 0.777. The summed E-state index contributed by atoms with van der Waals surface area (Å²) in [4.78, 5) is 0.176. The van der Waals surface area contributed by atoms with Crippen LogP contribution in [0.1, 0.15) is 12.8 Å². The first-order valence-corrected chi connectivity index (χ1v) is 8.62. The number of sulfonamides is 1. The monoisotopic (exact) mass is 302 g/mol. The molecule has 3 N–H and O–H groups in total. The van der Waals surface area contributed by atoms with E-state index in [1.807, 2.05) is 6.26 Å². The van der Waals surface area contributed by atoms with Gasteiger partial charge in [0.2, 0.25) is 10.0 Å². The van der Waals surface area contributed by atoms with Crippen LogP contribution in [-0.2, 0) is 10.0 Å². The molecule has 1 fully saturated rings. The third-order valence-electron chi connectivity index (χ3n) is 3.34. The molecule has 2 rings (SSSR count). The predicted octanol–water partition coefficient (Wildman–Crippen LogP) is 1.45. The van der Waals surface area contributed by atoms with E-state index in [2.05, 4.69) is 4.72 Å². The highest BCUT2D eigenvalue weighted by atomic mass is 32.2. The zero-order chi connectivity index (χ0) is 14.1. The average molecular weight is 302 g/mol. The van der Waals surface area contributed by atoms with Gasteiger partial charge < -0.3 is 10.5 Å². The van der Waals surface area contributed by atoms with Crippen molar-refractivity contribution in [2.24, 2.45) is 0 Å². The molecule has 19 heavy (non-hydrogen) atoms. The van der Waals surface area contributed by atoms with Crippen molar-refractivity contribution in [3.05, 3.63) is 18.2 Å². The Labute approximate surface area is 118 Å². The molecule has 0 atom stereocenters. The summed E-state index contributed by atoms with van der Waals surface area (Å²) in [5, 5.41) is 0. The normalized spacial score (nSPS) is 17.2. The highest BCUT2D eigenvalue weighted by Crippen LogP contribution is 2.46. The molecule has 106 valence electrons. The molecule has 5 nitrogen and oxygen atoms in total. The Morgan fingerprint density at radius 1 is 1.47 bits per heavy atom. The van der Waals surface area contributed by atoms with Crippen LogP contribution in [0.4, 0.5) is 5.69 Å². The molecular weight excluding hydrogens is 284 g/mol. The predicted molar refractivity (Wildman–Crippen MR) is 78.1 cm³/mol. The summed E-state index contributed by atoms with van der Waals surface area (Å²) in [6.07, 6.45) is 4.12. The summed E-state index contributed by atoms with van der Waals surface area (Å²) in [5.74, 6) is 0.369. The van der Waals surface area contributed by atoms with Crippen LogP contribution in [0.2, 0.25) is 0 Å². The lowest BCUT2D eigenvalue weighted by Crippen LogP contribution is -2.31. The number of thioether (sulfide) groups is 1. The Bertz CT molecular complexity index is 568. The summed E-state index contributed by atoms with van der Waals surface area (Å²) in [6, 6.07) is 4.46. The van der Waals surface area contributed by atoms with Gasteiger partial charge in [-0.1, -0.05) is 0 Å². The number of hydrogen-bond donors (Lipinski definition) is 2. The van der Waals surface area contributed by atoms with Gasteiger partial charge in [-0.05, 0) is 31.2 Å². The number of nitrogens with one attached hydrogen (secondary N) is 1. The number of methoxy groups -OCH3 is 1. The minimum atomic E-state index is -3.51. The first kappa shape index (κ1) is 14.5. The second-order valence-corrected chi connectivity index (χ2v) is 7.66. The summed E-state index contributed by atoms with van der Waals surface area (Å²) < 4.78 is 32.2. The number of anilines is 1. The fourth-order valence-corrected chi connectivity index (χ4v) is 3.72. The van der Waals surface area contributed by atoms with Crippen molar-refractivity contribution in [2.75, 3.05) is 25.6 Å². The number of benzene rings is 1. The molecule has 0 bridgehead atoms. The molecule has 1 aromatic carbocycles. The second-order valence-electron chi connectivity index (χ2n) is 4.62. The number of nitrogen functional groups attached to an aromatic ring is 1. The highest BCUT2D eigenvalue weighted by molar-refractivity contribution is 8.00. The number of rotatable bonds is 6. The Kier molecular flexibility index (Phi) is 3.98. The molecule has 0 spiro atoms. The first-order chi connectivity index (χ1) is 8.92. The lowest BCUT2D eigenvalue weighted by Gasteiger charge is -2.14. The number of ether oxygens (including phenoxy) is 1. The fourth-order valence-electron chi connectivity index (χ4n) is 1.76. The van der Waals surface area contributed by atoms with E-state index in [1.54, 1.807) is 11.8 Å². The molecule has 1 saturated carbocycles. The minimum Gasteiger partial charge on any atom is -0.495 e. The van der Waals surface area contributed by atoms with Gasteiger partial charge in [0.05, 0.1) is 17.7 Å². The number of hydrogen-bond acceptors (Lipinski definition) is 5. The Balaban J connectivity index is 2.15. The van der Waals surface area contributed by atoms with E-state index >= 15 is 0 Å². The van der Waals surface area contributed by atoms with Gasteiger partial charge in [-0.25, -0.2) is 13.1 Å². The van der Waals surface area contributed by atoms with Crippen LogP contribution in [0.15, 0.2) is 23.1 Å². The van der Waals surface area contributed by atoms with Gasteiger partial charge >= 0.3 is 0 Å². The topological polar surface area (TPSA) is 81.4 Å². The zero-order valence-electron chi connectivity index (χ0n) is 11.0. The second kappa shape index (κ2) is 5.22. The molecule has 0 amide bonds. The SMILES string of the molecule is COc1cc(S(=O)(=O)NCC2(SC)CC2)ccc1N. The van der Waals surface area contributed by atoms with Crippen LogP contribution in [0, 0.1) is 0 Å². The largest absolute Gasteiger partial charge is 0.495 e. The standard InChI is InChI=1S/C12H18N2O3S2/c1-17-11-7-9(3-4-10(11)13)19(15,16)14-8-12(18-2)5-6-12/h3-4,7,14H,5-6,8,13H2,1-2H3. The molecule has 0 radical (unpaired) electrons. The number of nitrogens with two attached hydrogens (primary N) is 1. The molecule has 1 aromatic rings. The van der Waals surface area contributed by atoms with Gasteiger partial charge in [0.25, 0.3) is 0 Å². The molecule has 0 saturated heterocycles. The first-order valence-electron chi connectivity index (χ1n) is 5.91. The van der Waals surface area contributed by atoms with Crippen LogP contribution in [0.25, 0.3) is 0 Å². The summed E-state index contributed by atoms with van der Waals surface area (Å²) in [5.41, 5.74) is 6.09. The van der Waals surface area contributed by atoms with Crippen molar-refractivity contribution in [3.63, 3.8) is 0 Å². The van der Waals surface area contributed by atoms with Gasteiger partial charge in [0, 0.05) is 17.4 Å². The maximum atomic E-state index is 12.2. The van der Waals surface area contributed by atoms with Gasteiger partial charge in [-0.15, -0.1) is 0 Å². The molecule has 0 unspecified atom stereocenters. The van der Waals surface area contributed by atoms with Crippen molar-refractivity contribution in [2.45, 2.75) is 22.5 Å². The van der Waals surface area contributed by atoms with E-state index in [-0.39, 0.29) is 9.64 Å². The van der Waals surface area contributed by atoms with Gasteiger partial charge in [-0.2, -0.15) is 11.8 Å². The van der Waals surface area contributed by atoms with Crippen molar-refractivity contribution < 1.29 is 13.2 Å². The summed E-state index contributed by atoms with van der Waals surface area (Å²) in [7, 11) is -2.05. The Hall–Kier alpha value is -0.920. The average Bonchev–Trinajstić information content (AvgIpc) is 3.17. The lowest BCUT2D eigenvalue weighted by molar-refractivity contribution is 0.415. The van der Waals surface area contributed by atoms with E-state index in [0.717, 1.165) is 12.8 Å². The van der Waals surface area contributed by atoms with E-state index in [0.29, 0.717) is 18.0 Å². The highest BCUT2D eigenvalue weighted by Gasteiger charge is 2.42. The van der Waals surface area contributed by atoms with E-state index < -0.39 is 10.0 Å². The molecule has 0 aromatic heterocycles. The van der Waals surface area contributed by atoms with Crippen LogP contribution < -0.4 is 15.2 Å². The zero-order valence-corrected chi connectivity index (χ0v) is 12.6. The van der Waals surface area contributed by atoms with Gasteiger partial charge in [-0.3, -0.25) is 0 Å². The van der Waals surface area contributed by atoms with Crippen LogP contribution in [0.3, 0.4) is 0 Å². The van der Waals surface area contributed by atoms with E-state index in [4.69, 9.17) is 10.5 Å². The van der Waals surface area contributed by atoms with Gasteiger partial charge in [0.15, 0.2) is 0 Å². The third kappa shape index (κ3) is 3.16. The molecule has 7 heteroatoms. The lowest BCUT2D eigenvalue weighted by atomic mass is 10.3. The van der Waals surface area contributed by atoms with Crippen LogP contribution in [0.5, 0.6) is 5.75 Å². The molecule has 1 aliphatic rings.